The molecule has 9 heteroatoms. The first-order chi connectivity index (χ1) is 12.8. The van der Waals surface area contributed by atoms with Crippen molar-refractivity contribution in [2.75, 3.05) is 0 Å². The van der Waals surface area contributed by atoms with Gasteiger partial charge in [-0.05, 0) is 41.8 Å². The Labute approximate surface area is 154 Å². The van der Waals surface area contributed by atoms with Crippen LogP contribution in [0.5, 0.6) is 0 Å². The van der Waals surface area contributed by atoms with Crippen LogP contribution in [-0.4, -0.2) is 17.3 Å². The van der Waals surface area contributed by atoms with Gasteiger partial charge in [0.05, 0.1) is 17.0 Å². The first-order valence-electron chi connectivity index (χ1n) is 7.76. The Bertz CT molecular complexity index is 911. The predicted octanol–water partition coefficient (Wildman–Crippen LogP) is 6.21. The van der Waals surface area contributed by atoms with Crippen molar-refractivity contribution in [3.05, 3.63) is 76.1 Å². The number of benzene rings is 2. The molecule has 0 aromatic heterocycles. The van der Waals surface area contributed by atoms with Gasteiger partial charge in [-0.3, -0.25) is 0 Å². The number of halogens is 7. The van der Waals surface area contributed by atoms with Gasteiger partial charge in [-0.1, -0.05) is 30.4 Å². The largest absolute Gasteiger partial charge is 0.478 e. The molecule has 150 valence electrons. The van der Waals surface area contributed by atoms with Gasteiger partial charge < -0.3 is 5.11 Å². The summed E-state index contributed by atoms with van der Waals surface area (Å²) in [5.41, 5.74) is -3.02. The number of hydrogen-bond donors (Lipinski definition) is 1. The standard InChI is InChI=1S/C19H13F7O2/c1-10-8-12(4-7-16(10)20)14(18(21,22)23)6-3-11-2-5-13(17(27)28)15(9-11)19(24,25)26/h2-9,14H,1H3,(H,27,28)/b6-3+. The van der Waals surface area contributed by atoms with Gasteiger partial charge >= 0.3 is 18.3 Å². The SMILES string of the molecule is Cc1cc(C(/C=C/c2ccc(C(=O)O)c(C(F)(F)F)c2)C(F)(F)F)ccc1F. The van der Waals surface area contributed by atoms with Crippen LogP contribution in [0.2, 0.25) is 0 Å². The van der Waals surface area contributed by atoms with Gasteiger partial charge in [0.15, 0.2) is 0 Å². The molecule has 0 saturated carbocycles. The first-order valence-corrected chi connectivity index (χ1v) is 7.76. The van der Waals surface area contributed by atoms with Crippen LogP contribution in [0, 0.1) is 12.7 Å². The summed E-state index contributed by atoms with van der Waals surface area (Å²) < 4.78 is 92.5. The fourth-order valence-electron chi connectivity index (χ4n) is 2.56. The van der Waals surface area contributed by atoms with E-state index in [1.165, 1.54) is 6.92 Å². The summed E-state index contributed by atoms with van der Waals surface area (Å²) >= 11 is 0. The zero-order chi connectivity index (χ0) is 21.3. The summed E-state index contributed by atoms with van der Waals surface area (Å²) in [6, 6.07) is 4.93. The second kappa shape index (κ2) is 7.65. The van der Waals surface area contributed by atoms with Gasteiger partial charge in [0.25, 0.3) is 0 Å². The quantitative estimate of drug-likeness (QED) is 0.613. The Kier molecular flexibility index (Phi) is 5.86. The van der Waals surface area contributed by atoms with Crippen molar-refractivity contribution in [3.63, 3.8) is 0 Å². The van der Waals surface area contributed by atoms with Crippen molar-refractivity contribution in [1.29, 1.82) is 0 Å². The van der Waals surface area contributed by atoms with E-state index in [1.54, 1.807) is 0 Å². The van der Waals surface area contributed by atoms with E-state index >= 15 is 0 Å². The zero-order valence-corrected chi connectivity index (χ0v) is 14.2. The zero-order valence-electron chi connectivity index (χ0n) is 14.2. The highest BCUT2D eigenvalue weighted by molar-refractivity contribution is 5.90. The summed E-state index contributed by atoms with van der Waals surface area (Å²) in [5.74, 6) is -4.68. The summed E-state index contributed by atoms with van der Waals surface area (Å²) in [5, 5.41) is 8.84. The minimum absolute atomic E-state index is 0.00896. The molecule has 0 heterocycles. The molecular weight excluding hydrogens is 393 g/mol. The summed E-state index contributed by atoms with van der Waals surface area (Å²) in [7, 11) is 0. The molecule has 1 unspecified atom stereocenters. The predicted molar refractivity (Wildman–Crippen MR) is 87.4 cm³/mol. The molecule has 0 aliphatic rings. The molecule has 2 aromatic rings. The van der Waals surface area contributed by atoms with Gasteiger partial charge in [-0.2, -0.15) is 26.3 Å². The molecule has 0 aliphatic heterocycles. The van der Waals surface area contributed by atoms with Crippen molar-refractivity contribution in [1.82, 2.24) is 0 Å². The van der Waals surface area contributed by atoms with Crippen LogP contribution >= 0.6 is 0 Å². The number of aryl methyl sites for hydroxylation is 1. The third-order valence-corrected chi connectivity index (χ3v) is 3.95. The van der Waals surface area contributed by atoms with Crippen molar-refractivity contribution < 1.29 is 40.6 Å². The molecule has 28 heavy (non-hydrogen) atoms. The Morgan fingerprint density at radius 3 is 2.18 bits per heavy atom. The van der Waals surface area contributed by atoms with Crippen molar-refractivity contribution >= 4 is 12.0 Å². The third kappa shape index (κ3) is 4.90. The van der Waals surface area contributed by atoms with Crippen LogP contribution in [-0.2, 0) is 6.18 Å². The van der Waals surface area contributed by atoms with Crippen LogP contribution in [0.15, 0.2) is 42.5 Å². The van der Waals surface area contributed by atoms with E-state index < -0.39 is 41.2 Å². The smallest absolute Gasteiger partial charge is 0.417 e. The Morgan fingerprint density at radius 2 is 1.68 bits per heavy atom. The molecule has 2 rings (SSSR count). The van der Waals surface area contributed by atoms with Crippen LogP contribution in [0.25, 0.3) is 6.08 Å². The maximum Gasteiger partial charge on any atom is 0.417 e. The number of hydrogen-bond acceptors (Lipinski definition) is 1. The second-order valence-corrected chi connectivity index (χ2v) is 5.99. The van der Waals surface area contributed by atoms with Gasteiger partial charge in [0, 0.05) is 0 Å². The molecule has 1 N–H and O–H groups in total. The number of carboxylic acid groups (broad SMARTS) is 1. The molecule has 0 spiro atoms. The molecule has 0 amide bonds. The van der Waals surface area contributed by atoms with E-state index in [-0.39, 0.29) is 16.7 Å². The first kappa shape index (κ1) is 21.5. The van der Waals surface area contributed by atoms with Crippen molar-refractivity contribution in [2.24, 2.45) is 0 Å². The minimum Gasteiger partial charge on any atom is -0.478 e. The lowest BCUT2D eigenvalue weighted by Crippen LogP contribution is -2.19. The van der Waals surface area contributed by atoms with E-state index in [1.807, 2.05) is 0 Å². The Balaban J connectivity index is 2.48. The second-order valence-electron chi connectivity index (χ2n) is 5.99. The lowest BCUT2D eigenvalue weighted by atomic mass is 9.95. The fourth-order valence-corrected chi connectivity index (χ4v) is 2.56. The van der Waals surface area contributed by atoms with E-state index in [2.05, 4.69) is 0 Å². The number of allylic oxidation sites excluding steroid dienone is 1. The molecular formula is C19H13F7O2. The lowest BCUT2D eigenvalue weighted by Gasteiger charge is -2.18. The number of aromatic carboxylic acids is 1. The number of carboxylic acids is 1. The van der Waals surface area contributed by atoms with Gasteiger partial charge in [-0.25, -0.2) is 9.18 Å². The molecule has 1 atom stereocenters. The lowest BCUT2D eigenvalue weighted by molar-refractivity contribution is -0.139. The number of carbonyl (C=O) groups is 1. The van der Waals surface area contributed by atoms with E-state index in [0.717, 1.165) is 30.3 Å². The van der Waals surface area contributed by atoms with Crippen LogP contribution in [0.1, 0.15) is 38.5 Å². The maximum absolute atomic E-state index is 13.4. The monoisotopic (exact) mass is 406 g/mol. The molecule has 2 aromatic carbocycles. The van der Waals surface area contributed by atoms with Gasteiger partial charge in [-0.15, -0.1) is 0 Å². The topological polar surface area (TPSA) is 37.3 Å². The van der Waals surface area contributed by atoms with Crippen molar-refractivity contribution in [2.45, 2.75) is 25.2 Å². The molecule has 2 nitrogen and oxygen atoms in total. The molecule has 0 bridgehead atoms. The fraction of sp³-hybridized carbons (Fsp3) is 0.211. The van der Waals surface area contributed by atoms with Crippen molar-refractivity contribution in [3.8, 4) is 0 Å². The molecule has 0 aliphatic carbocycles. The number of alkyl halides is 6. The highest BCUT2D eigenvalue weighted by Gasteiger charge is 2.39. The van der Waals surface area contributed by atoms with Gasteiger partial charge in [0.1, 0.15) is 5.82 Å². The minimum atomic E-state index is -4.99. The summed E-state index contributed by atoms with van der Waals surface area (Å²) in [4.78, 5) is 10.9. The van der Waals surface area contributed by atoms with E-state index in [9.17, 15) is 35.5 Å². The highest BCUT2D eigenvalue weighted by Crippen LogP contribution is 2.38. The average Bonchev–Trinajstić information content (AvgIpc) is 2.56. The molecule has 0 radical (unpaired) electrons. The normalized spacial score (nSPS) is 13.7. The van der Waals surface area contributed by atoms with Crippen LogP contribution in [0.3, 0.4) is 0 Å². The van der Waals surface area contributed by atoms with Crippen LogP contribution < -0.4 is 0 Å². The van der Waals surface area contributed by atoms with Gasteiger partial charge in [0.2, 0.25) is 0 Å². The highest BCUT2D eigenvalue weighted by atomic mass is 19.4. The summed E-state index contributed by atoms with van der Waals surface area (Å²) in [6.45, 7) is 1.29. The average molecular weight is 406 g/mol. The van der Waals surface area contributed by atoms with E-state index in [4.69, 9.17) is 5.11 Å². The number of rotatable bonds is 4. The Hall–Kier alpha value is -2.84. The van der Waals surface area contributed by atoms with Crippen LogP contribution in [0.4, 0.5) is 30.7 Å². The maximum atomic E-state index is 13.4. The Morgan fingerprint density at radius 1 is 1.04 bits per heavy atom. The molecule has 0 saturated heterocycles. The third-order valence-electron chi connectivity index (χ3n) is 3.95. The summed E-state index contributed by atoms with van der Waals surface area (Å²) in [6.07, 6.45) is -8.30. The molecule has 0 fully saturated rings. The van der Waals surface area contributed by atoms with E-state index in [0.29, 0.717) is 18.2 Å².